The van der Waals surface area contributed by atoms with E-state index in [1.54, 1.807) is 20.8 Å². The molecule has 0 aliphatic heterocycles. The summed E-state index contributed by atoms with van der Waals surface area (Å²) >= 11 is 0. The van der Waals surface area contributed by atoms with Gasteiger partial charge < -0.3 is 18.9 Å². The fraction of sp³-hybridized carbons (Fsp3) is 0.947. The van der Waals surface area contributed by atoms with E-state index in [-0.39, 0.29) is 23.2 Å². The van der Waals surface area contributed by atoms with Gasteiger partial charge in [0, 0.05) is 6.61 Å². The third-order valence-electron chi connectivity index (χ3n) is 4.05. The van der Waals surface area contributed by atoms with E-state index in [1.165, 1.54) is 0 Å². The number of carbonyl (C=O) groups excluding carboxylic acids is 1. The predicted molar refractivity (Wildman–Crippen MR) is 96.3 cm³/mol. The van der Waals surface area contributed by atoms with E-state index < -0.39 is 11.8 Å². The summed E-state index contributed by atoms with van der Waals surface area (Å²) < 4.78 is 21.9. The van der Waals surface area contributed by atoms with Crippen LogP contribution >= 0.6 is 0 Å². The van der Waals surface area contributed by atoms with Gasteiger partial charge in [0.1, 0.15) is 12.2 Å². The van der Waals surface area contributed by atoms with Gasteiger partial charge in [-0.1, -0.05) is 13.8 Å². The molecule has 0 heterocycles. The van der Waals surface area contributed by atoms with Crippen LogP contribution in [0, 0.1) is 5.41 Å². The summed E-state index contributed by atoms with van der Waals surface area (Å²) in [5, 5.41) is 0. The first-order valence-corrected chi connectivity index (χ1v) is 8.69. The number of rotatable bonds is 8. The lowest BCUT2D eigenvalue weighted by Crippen LogP contribution is -2.43. The highest BCUT2D eigenvalue weighted by Crippen LogP contribution is 2.37. The predicted octanol–water partition coefficient (Wildman–Crippen LogP) is 4.96. The van der Waals surface area contributed by atoms with Gasteiger partial charge in [-0.05, 0) is 67.2 Å². The molecule has 0 aromatic carbocycles. The standard InChI is InChI=1S/C19H38O5/c1-16(2,3)22-12-11-18(7,8)19(9,10)23-14-13-21-15(20)24-17(4,5)6/h11-14H2,1-10H3. The Balaban J connectivity index is 4.25. The zero-order chi connectivity index (χ0) is 19.2. The average molecular weight is 347 g/mol. The van der Waals surface area contributed by atoms with Crippen LogP contribution in [0.2, 0.25) is 0 Å². The van der Waals surface area contributed by atoms with Crippen molar-refractivity contribution < 1.29 is 23.7 Å². The van der Waals surface area contributed by atoms with E-state index in [1.807, 2.05) is 0 Å². The van der Waals surface area contributed by atoms with Crippen molar-refractivity contribution in [2.24, 2.45) is 5.41 Å². The molecule has 0 saturated heterocycles. The molecule has 0 N–H and O–H groups in total. The van der Waals surface area contributed by atoms with Crippen LogP contribution < -0.4 is 0 Å². The van der Waals surface area contributed by atoms with E-state index in [2.05, 4.69) is 48.5 Å². The Kier molecular flexibility index (Phi) is 8.24. The highest BCUT2D eigenvalue weighted by atomic mass is 16.7. The second-order valence-electron chi connectivity index (χ2n) is 9.27. The van der Waals surface area contributed by atoms with Gasteiger partial charge in [0.25, 0.3) is 0 Å². The molecule has 0 bridgehead atoms. The van der Waals surface area contributed by atoms with E-state index in [0.717, 1.165) is 6.42 Å². The van der Waals surface area contributed by atoms with Crippen LogP contribution in [0.5, 0.6) is 0 Å². The van der Waals surface area contributed by atoms with Crippen molar-refractivity contribution in [2.75, 3.05) is 19.8 Å². The normalized spacial score (nSPS) is 13.8. The van der Waals surface area contributed by atoms with Crippen LogP contribution in [0.1, 0.15) is 75.7 Å². The monoisotopic (exact) mass is 346 g/mol. The van der Waals surface area contributed by atoms with Crippen LogP contribution in [0.4, 0.5) is 4.79 Å². The van der Waals surface area contributed by atoms with Gasteiger partial charge >= 0.3 is 6.16 Å². The quantitative estimate of drug-likeness (QED) is 0.459. The molecule has 0 rings (SSSR count). The molecule has 0 aromatic rings. The highest BCUT2D eigenvalue weighted by molar-refractivity contribution is 5.60. The van der Waals surface area contributed by atoms with E-state index in [9.17, 15) is 4.79 Å². The fourth-order valence-electron chi connectivity index (χ4n) is 1.81. The van der Waals surface area contributed by atoms with Crippen molar-refractivity contribution in [1.82, 2.24) is 0 Å². The molecule has 0 unspecified atom stereocenters. The molecule has 0 radical (unpaired) electrons. The molecule has 0 spiro atoms. The summed E-state index contributed by atoms with van der Waals surface area (Å²) in [7, 11) is 0. The van der Waals surface area contributed by atoms with Gasteiger partial charge in [0.2, 0.25) is 0 Å². The van der Waals surface area contributed by atoms with Crippen LogP contribution in [-0.2, 0) is 18.9 Å². The largest absolute Gasteiger partial charge is 0.508 e. The molecular weight excluding hydrogens is 308 g/mol. The van der Waals surface area contributed by atoms with Crippen LogP contribution in [0.15, 0.2) is 0 Å². The summed E-state index contributed by atoms with van der Waals surface area (Å²) in [6.07, 6.45) is 0.214. The minimum absolute atomic E-state index is 0.0792. The zero-order valence-electron chi connectivity index (χ0n) is 17.4. The minimum Gasteiger partial charge on any atom is -0.432 e. The maximum atomic E-state index is 11.5. The van der Waals surface area contributed by atoms with Crippen molar-refractivity contribution in [1.29, 1.82) is 0 Å². The fourth-order valence-corrected chi connectivity index (χ4v) is 1.81. The van der Waals surface area contributed by atoms with Crippen molar-refractivity contribution in [3.63, 3.8) is 0 Å². The molecule has 5 heteroatoms. The first kappa shape index (κ1) is 23.2. The van der Waals surface area contributed by atoms with Crippen LogP contribution in [0.3, 0.4) is 0 Å². The zero-order valence-corrected chi connectivity index (χ0v) is 17.4. The lowest BCUT2D eigenvalue weighted by atomic mass is 9.74. The van der Waals surface area contributed by atoms with Gasteiger partial charge in [-0.15, -0.1) is 0 Å². The third kappa shape index (κ3) is 10.1. The Morgan fingerprint density at radius 1 is 0.708 bits per heavy atom. The Labute approximate surface area is 148 Å². The maximum Gasteiger partial charge on any atom is 0.508 e. The van der Waals surface area contributed by atoms with Crippen LogP contribution in [0.25, 0.3) is 0 Å². The smallest absolute Gasteiger partial charge is 0.432 e. The lowest BCUT2D eigenvalue weighted by molar-refractivity contribution is -0.124. The topological polar surface area (TPSA) is 54.0 Å². The van der Waals surface area contributed by atoms with Gasteiger partial charge in [0.05, 0.1) is 17.8 Å². The van der Waals surface area contributed by atoms with E-state index >= 15 is 0 Å². The Hall–Kier alpha value is -0.810. The Morgan fingerprint density at radius 2 is 1.25 bits per heavy atom. The van der Waals surface area contributed by atoms with Gasteiger partial charge in [-0.25, -0.2) is 4.79 Å². The summed E-state index contributed by atoms with van der Waals surface area (Å²) in [6.45, 7) is 21.2. The van der Waals surface area contributed by atoms with Crippen molar-refractivity contribution in [3.05, 3.63) is 0 Å². The molecule has 5 nitrogen and oxygen atoms in total. The molecule has 0 aromatic heterocycles. The summed E-state index contributed by atoms with van der Waals surface area (Å²) in [5.74, 6) is 0. The number of hydrogen-bond donors (Lipinski definition) is 0. The first-order chi connectivity index (χ1) is 10.6. The molecule has 0 atom stereocenters. The maximum absolute atomic E-state index is 11.5. The van der Waals surface area contributed by atoms with Crippen molar-refractivity contribution in [2.45, 2.75) is 92.5 Å². The van der Waals surface area contributed by atoms with Gasteiger partial charge in [-0.3, -0.25) is 0 Å². The second-order valence-corrected chi connectivity index (χ2v) is 9.27. The summed E-state index contributed by atoms with van der Waals surface area (Å²) in [5.41, 5.74) is -1.13. The van der Waals surface area contributed by atoms with Gasteiger partial charge in [0.15, 0.2) is 0 Å². The Bertz CT molecular complexity index is 386. The summed E-state index contributed by atoms with van der Waals surface area (Å²) in [6, 6.07) is 0. The molecule has 0 fully saturated rings. The van der Waals surface area contributed by atoms with Crippen molar-refractivity contribution >= 4 is 6.16 Å². The molecular formula is C19H38O5. The molecule has 24 heavy (non-hydrogen) atoms. The lowest BCUT2D eigenvalue weighted by Gasteiger charge is -2.42. The average Bonchev–Trinajstić information content (AvgIpc) is 2.30. The van der Waals surface area contributed by atoms with Crippen LogP contribution in [-0.4, -0.2) is 42.8 Å². The molecule has 0 aliphatic carbocycles. The highest BCUT2D eigenvalue weighted by Gasteiger charge is 2.38. The van der Waals surface area contributed by atoms with E-state index in [0.29, 0.717) is 13.2 Å². The molecule has 0 saturated carbocycles. The number of ether oxygens (including phenoxy) is 4. The van der Waals surface area contributed by atoms with E-state index in [4.69, 9.17) is 18.9 Å². The van der Waals surface area contributed by atoms with Gasteiger partial charge in [-0.2, -0.15) is 0 Å². The third-order valence-corrected chi connectivity index (χ3v) is 4.05. The van der Waals surface area contributed by atoms with Crippen molar-refractivity contribution in [3.8, 4) is 0 Å². The SMILES string of the molecule is CC(C)(C)OCCC(C)(C)C(C)(C)OCCOC(=O)OC(C)(C)C. The number of hydrogen-bond acceptors (Lipinski definition) is 5. The minimum atomic E-state index is -0.665. The molecule has 0 amide bonds. The molecule has 144 valence electrons. The first-order valence-electron chi connectivity index (χ1n) is 8.69. The Morgan fingerprint density at radius 3 is 1.71 bits per heavy atom. The number of carbonyl (C=O) groups is 1. The molecule has 0 aliphatic rings. The summed E-state index contributed by atoms with van der Waals surface area (Å²) in [4.78, 5) is 11.5. The second kappa shape index (κ2) is 8.52.